The third-order valence-corrected chi connectivity index (χ3v) is 3.16. The van der Waals surface area contributed by atoms with Gasteiger partial charge in [0.05, 0.1) is 12.3 Å². The predicted octanol–water partition coefficient (Wildman–Crippen LogP) is 2.04. The number of ether oxygens (including phenoxy) is 2. The molecule has 0 aliphatic heterocycles. The van der Waals surface area contributed by atoms with Crippen molar-refractivity contribution in [3.05, 3.63) is 47.3 Å². The number of benzene rings is 1. The summed E-state index contributed by atoms with van der Waals surface area (Å²) < 4.78 is 12.7. The van der Waals surface area contributed by atoms with Crippen molar-refractivity contribution < 1.29 is 9.47 Å². The van der Waals surface area contributed by atoms with E-state index < -0.39 is 0 Å². The number of methoxy groups -OCH3 is 1. The molecule has 0 fully saturated rings. The lowest BCUT2D eigenvalue weighted by Crippen LogP contribution is -2.19. The monoisotopic (exact) mass is 289 g/mol. The molecule has 0 aliphatic carbocycles. The van der Waals surface area contributed by atoms with Gasteiger partial charge >= 0.3 is 0 Å². The van der Waals surface area contributed by atoms with Gasteiger partial charge in [0.1, 0.15) is 12.4 Å². The predicted molar refractivity (Wildman–Crippen MR) is 82.3 cm³/mol. The molecule has 1 heterocycles. The van der Waals surface area contributed by atoms with Crippen LogP contribution in [0.2, 0.25) is 0 Å². The topological polar surface area (TPSA) is 48.3 Å². The Labute approximate surface area is 125 Å². The van der Waals surface area contributed by atoms with E-state index in [1.807, 2.05) is 25.4 Å². The Bertz CT molecular complexity index is 566. The largest absolute Gasteiger partial charge is 0.487 e. The van der Waals surface area contributed by atoms with E-state index in [0.717, 1.165) is 30.1 Å². The number of aromatic nitrogens is 2. The van der Waals surface area contributed by atoms with Gasteiger partial charge in [0.25, 0.3) is 0 Å². The van der Waals surface area contributed by atoms with Crippen LogP contribution in [0.25, 0.3) is 0 Å². The Balaban J connectivity index is 1.97. The van der Waals surface area contributed by atoms with E-state index in [9.17, 15) is 0 Å². The van der Waals surface area contributed by atoms with Gasteiger partial charge in [-0.15, -0.1) is 0 Å². The fourth-order valence-electron chi connectivity index (χ4n) is 2.08. The summed E-state index contributed by atoms with van der Waals surface area (Å²) in [4.78, 5) is 0. The first-order valence-corrected chi connectivity index (χ1v) is 7.09. The van der Waals surface area contributed by atoms with Crippen molar-refractivity contribution in [1.29, 1.82) is 0 Å². The van der Waals surface area contributed by atoms with Crippen molar-refractivity contribution in [2.24, 2.45) is 7.05 Å². The quantitative estimate of drug-likeness (QED) is 0.756. The summed E-state index contributed by atoms with van der Waals surface area (Å²) >= 11 is 0. The number of aryl methyl sites for hydroxylation is 2. The molecule has 0 amide bonds. The number of nitrogens with one attached hydrogen (secondary N) is 1. The molecule has 0 bridgehead atoms. The van der Waals surface area contributed by atoms with Crippen molar-refractivity contribution in [2.75, 3.05) is 20.3 Å². The standard InChI is InChI=1S/C16H23N3O2/c1-13-4-5-16(14(10-13)11-17-7-9-20-3)21-12-15-6-8-19(2)18-15/h4-6,8,10,17H,7,9,11-12H2,1-3H3. The Hall–Kier alpha value is -1.85. The molecule has 0 atom stereocenters. The van der Waals surface area contributed by atoms with Crippen molar-refractivity contribution in [1.82, 2.24) is 15.1 Å². The first-order chi connectivity index (χ1) is 10.2. The molecule has 5 nitrogen and oxygen atoms in total. The molecule has 2 aromatic rings. The molecule has 114 valence electrons. The van der Waals surface area contributed by atoms with Gasteiger partial charge < -0.3 is 14.8 Å². The molecule has 0 radical (unpaired) electrons. The summed E-state index contributed by atoms with van der Waals surface area (Å²) in [7, 11) is 3.61. The Morgan fingerprint density at radius 2 is 2.14 bits per heavy atom. The maximum Gasteiger partial charge on any atom is 0.132 e. The Morgan fingerprint density at radius 3 is 2.86 bits per heavy atom. The smallest absolute Gasteiger partial charge is 0.132 e. The minimum Gasteiger partial charge on any atom is -0.487 e. The lowest BCUT2D eigenvalue weighted by atomic mass is 10.1. The summed E-state index contributed by atoms with van der Waals surface area (Å²) in [5.74, 6) is 0.899. The third kappa shape index (κ3) is 4.88. The van der Waals surface area contributed by atoms with Crippen LogP contribution in [0.1, 0.15) is 16.8 Å². The molecule has 0 saturated heterocycles. The van der Waals surface area contributed by atoms with Gasteiger partial charge in [-0.3, -0.25) is 4.68 Å². The van der Waals surface area contributed by atoms with E-state index in [1.54, 1.807) is 11.8 Å². The van der Waals surface area contributed by atoms with Crippen LogP contribution in [0.5, 0.6) is 5.75 Å². The van der Waals surface area contributed by atoms with Crippen LogP contribution in [0.3, 0.4) is 0 Å². The van der Waals surface area contributed by atoms with E-state index in [2.05, 4.69) is 29.5 Å². The fourth-order valence-corrected chi connectivity index (χ4v) is 2.08. The van der Waals surface area contributed by atoms with Crippen molar-refractivity contribution in [3.8, 4) is 5.75 Å². The van der Waals surface area contributed by atoms with Gasteiger partial charge in [0.2, 0.25) is 0 Å². The summed E-state index contributed by atoms with van der Waals surface area (Å²) in [6.45, 7) is 4.86. The molecule has 1 N–H and O–H groups in total. The highest BCUT2D eigenvalue weighted by atomic mass is 16.5. The minimum absolute atomic E-state index is 0.481. The van der Waals surface area contributed by atoms with Crippen molar-refractivity contribution >= 4 is 0 Å². The van der Waals surface area contributed by atoms with Gasteiger partial charge in [0.15, 0.2) is 0 Å². The second kappa shape index (κ2) is 7.81. The zero-order valence-corrected chi connectivity index (χ0v) is 12.9. The molecule has 1 aromatic heterocycles. The number of rotatable bonds is 8. The van der Waals surface area contributed by atoms with Crippen LogP contribution in [-0.2, 0) is 24.9 Å². The van der Waals surface area contributed by atoms with E-state index >= 15 is 0 Å². The number of hydrogen-bond donors (Lipinski definition) is 1. The molecule has 0 unspecified atom stereocenters. The van der Waals surface area contributed by atoms with E-state index in [-0.39, 0.29) is 0 Å². The third-order valence-electron chi connectivity index (χ3n) is 3.16. The second-order valence-electron chi connectivity index (χ2n) is 5.05. The molecule has 0 aliphatic rings. The summed E-state index contributed by atoms with van der Waals surface area (Å²) in [6, 6.07) is 8.19. The molecule has 5 heteroatoms. The highest BCUT2D eigenvalue weighted by molar-refractivity contribution is 5.37. The SMILES string of the molecule is COCCNCc1cc(C)ccc1OCc1ccn(C)n1. The lowest BCUT2D eigenvalue weighted by molar-refractivity contribution is 0.199. The van der Waals surface area contributed by atoms with Gasteiger partial charge in [0, 0.05) is 39.0 Å². The normalized spacial score (nSPS) is 10.8. The summed E-state index contributed by atoms with van der Waals surface area (Å²) in [5.41, 5.74) is 3.31. The maximum atomic E-state index is 5.90. The Kier molecular flexibility index (Phi) is 5.78. The summed E-state index contributed by atoms with van der Waals surface area (Å²) in [5, 5.41) is 7.67. The maximum absolute atomic E-state index is 5.90. The van der Waals surface area contributed by atoms with Gasteiger partial charge in [-0.1, -0.05) is 17.7 Å². The number of hydrogen-bond acceptors (Lipinski definition) is 4. The average molecular weight is 289 g/mol. The molecular formula is C16H23N3O2. The van der Waals surface area contributed by atoms with E-state index in [0.29, 0.717) is 13.2 Å². The van der Waals surface area contributed by atoms with Gasteiger partial charge in [-0.2, -0.15) is 5.10 Å². The number of nitrogens with zero attached hydrogens (tertiary/aromatic N) is 2. The van der Waals surface area contributed by atoms with Crippen LogP contribution in [-0.4, -0.2) is 30.0 Å². The molecular weight excluding hydrogens is 266 g/mol. The molecule has 1 aromatic carbocycles. The van der Waals surface area contributed by atoms with Gasteiger partial charge in [-0.25, -0.2) is 0 Å². The van der Waals surface area contributed by atoms with Crippen LogP contribution in [0, 0.1) is 6.92 Å². The zero-order valence-electron chi connectivity index (χ0n) is 12.9. The average Bonchev–Trinajstić information content (AvgIpc) is 2.88. The highest BCUT2D eigenvalue weighted by Gasteiger charge is 2.06. The molecule has 0 saturated carbocycles. The van der Waals surface area contributed by atoms with Crippen LogP contribution < -0.4 is 10.1 Å². The fraction of sp³-hybridized carbons (Fsp3) is 0.438. The van der Waals surface area contributed by atoms with Crippen molar-refractivity contribution in [2.45, 2.75) is 20.1 Å². The summed E-state index contributed by atoms with van der Waals surface area (Å²) in [6.07, 6.45) is 1.92. The second-order valence-corrected chi connectivity index (χ2v) is 5.05. The van der Waals surface area contributed by atoms with Gasteiger partial charge in [-0.05, 0) is 19.1 Å². The first-order valence-electron chi connectivity index (χ1n) is 7.09. The molecule has 21 heavy (non-hydrogen) atoms. The van der Waals surface area contributed by atoms with Crippen LogP contribution >= 0.6 is 0 Å². The Morgan fingerprint density at radius 1 is 1.29 bits per heavy atom. The van der Waals surface area contributed by atoms with E-state index in [4.69, 9.17) is 9.47 Å². The van der Waals surface area contributed by atoms with Crippen LogP contribution in [0.15, 0.2) is 30.5 Å². The first kappa shape index (κ1) is 15.5. The van der Waals surface area contributed by atoms with Crippen LogP contribution in [0.4, 0.5) is 0 Å². The minimum atomic E-state index is 0.481. The highest BCUT2D eigenvalue weighted by Crippen LogP contribution is 2.21. The van der Waals surface area contributed by atoms with E-state index in [1.165, 1.54) is 5.56 Å². The zero-order chi connectivity index (χ0) is 15.1. The molecule has 0 spiro atoms. The lowest BCUT2D eigenvalue weighted by Gasteiger charge is -2.12. The molecule has 2 rings (SSSR count). The van der Waals surface area contributed by atoms with Crippen molar-refractivity contribution in [3.63, 3.8) is 0 Å².